The van der Waals surface area contributed by atoms with Crippen molar-refractivity contribution in [2.24, 2.45) is 0 Å². The Balaban J connectivity index is 2.65. The molecule has 1 rings (SSSR count). The highest BCUT2D eigenvalue weighted by Crippen LogP contribution is 2.20. The van der Waals surface area contributed by atoms with E-state index < -0.39 is 0 Å². The van der Waals surface area contributed by atoms with E-state index in [0.29, 0.717) is 11.6 Å². The lowest BCUT2D eigenvalue weighted by molar-refractivity contribution is 0.200. The lowest BCUT2D eigenvalue weighted by Crippen LogP contribution is -2.21. The molecule has 18 heavy (non-hydrogen) atoms. The van der Waals surface area contributed by atoms with Crippen molar-refractivity contribution in [3.05, 3.63) is 40.2 Å². The summed E-state index contributed by atoms with van der Waals surface area (Å²) in [6, 6.07) is 4.45. The fraction of sp³-hybridized carbons (Fsp3) is 0.429. The van der Waals surface area contributed by atoms with Crippen LogP contribution in [0.1, 0.15) is 18.9 Å². The minimum absolute atomic E-state index is 0.312. The predicted octanol–water partition coefficient (Wildman–Crippen LogP) is 3.51. The first kappa shape index (κ1) is 15.2. The Morgan fingerprint density at radius 2 is 2.28 bits per heavy atom. The van der Waals surface area contributed by atoms with Crippen LogP contribution in [0.5, 0.6) is 0 Å². The zero-order chi connectivity index (χ0) is 13.4. The van der Waals surface area contributed by atoms with E-state index in [1.807, 2.05) is 6.08 Å². The van der Waals surface area contributed by atoms with E-state index in [4.69, 9.17) is 16.3 Å². The Morgan fingerprint density at radius 3 is 2.89 bits per heavy atom. The van der Waals surface area contributed by atoms with Gasteiger partial charge in [0.2, 0.25) is 0 Å². The van der Waals surface area contributed by atoms with Crippen molar-refractivity contribution in [3.63, 3.8) is 0 Å². The van der Waals surface area contributed by atoms with Gasteiger partial charge in [-0.25, -0.2) is 4.39 Å². The minimum Gasteiger partial charge on any atom is -0.383 e. The second-order valence-electron chi connectivity index (χ2n) is 3.99. The molecule has 0 fully saturated rings. The molecule has 0 saturated carbocycles. The van der Waals surface area contributed by atoms with Crippen LogP contribution < -0.4 is 5.32 Å². The molecule has 0 radical (unpaired) electrons. The molecule has 0 aromatic heterocycles. The van der Waals surface area contributed by atoms with Crippen molar-refractivity contribution >= 4 is 17.7 Å². The van der Waals surface area contributed by atoms with Gasteiger partial charge < -0.3 is 10.1 Å². The first-order valence-corrected chi connectivity index (χ1v) is 6.39. The number of nitrogens with one attached hydrogen (secondary N) is 1. The average Bonchev–Trinajstić information content (AvgIpc) is 2.35. The van der Waals surface area contributed by atoms with Gasteiger partial charge in [0.05, 0.1) is 11.6 Å². The minimum atomic E-state index is -0.312. The maximum absolute atomic E-state index is 12.9. The van der Waals surface area contributed by atoms with Crippen LogP contribution >= 0.6 is 11.6 Å². The summed E-state index contributed by atoms with van der Waals surface area (Å²) in [6.07, 6.45) is 2.93. The highest BCUT2D eigenvalue weighted by atomic mass is 35.5. The number of ether oxygens (including phenoxy) is 1. The van der Waals surface area contributed by atoms with Crippen molar-refractivity contribution in [2.45, 2.75) is 13.3 Å². The summed E-state index contributed by atoms with van der Waals surface area (Å²) in [5, 5.41) is 3.72. The molecule has 0 amide bonds. The van der Waals surface area contributed by atoms with Gasteiger partial charge in [-0.15, -0.1) is 0 Å². The van der Waals surface area contributed by atoms with Gasteiger partial charge in [0.1, 0.15) is 5.82 Å². The summed E-state index contributed by atoms with van der Waals surface area (Å²) in [7, 11) is 1.68. The SMILES string of the molecule is CC/C(=C/c1ccc(F)cc1Cl)CNCCOC. The van der Waals surface area contributed by atoms with Crippen LogP contribution in [0.3, 0.4) is 0 Å². The molecule has 2 nitrogen and oxygen atoms in total. The Hall–Kier alpha value is -0.900. The smallest absolute Gasteiger partial charge is 0.124 e. The van der Waals surface area contributed by atoms with Crippen LogP contribution in [0, 0.1) is 5.82 Å². The first-order chi connectivity index (χ1) is 8.67. The van der Waals surface area contributed by atoms with Crippen molar-refractivity contribution < 1.29 is 9.13 Å². The zero-order valence-corrected chi connectivity index (χ0v) is 11.6. The monoisotopic (exact) mass is 271 g/mol. The molecular weight excluding hydrogens is 253 g/mol. The molecule has 0 bridgehead atoms. The van der Waals surface area contributed by atoms with Crippen LogP contribution in [0.15, 0.2) is 23.8 Å². The Labute approximate surface area is 113 Å². The third kappa shape index (κ3) is 5.17. The second-order valence-corrected chi connectivity index (χ2v) is 4.40. The Bertz CT molecular complexity index is 407. The molecule has 4 heteroatoms. The molecule has 0 atom stereocenters. The Morgan fingerprint density at radius 1 is 1.50 bits per heavy atom. The van der Waals surface area contributed by atoms with Gasteiger partial charge in [-0.05, 0) is 24.1 Å². The first-order valence-electron chi connectivity index (χ1n) is 6.01. The van der Waals surface area contributed by atoms with Crippen LogP contribution in [0.2, 0.25) is 5.02 Å². The van der Waals surface area contributed by atoms with Gasteiger partial charge in [-0.2, -0.15) is 0 Å². The molecule has 0 aliphatic carbocycles. The topological polar surface area (TPSA) is 21.3 Å². The summed E-state index contributed by atoms with van der Waals surface area (Å²) in [5.74, 6) is -0.312. The van der Waals surface area contributed by atoms with E-state index in [9.17, 15) is 4.39 Å². The summed E-state index contributed by atoms with van der Waals surface area (Å²) in [5.41, 5.74) is 2.07. The normalized spacial score (nSPS) is 11.9. The average molecular weight is 272 g/mol. The molecule has 0 aliphatic rings. The van der Waals surface area contributed by atoms with Crippen LogP contribution in [0.4, 0.5) is 4.39 Å². The molecule has 1 N–H and O–H groups in total. The number of methoxy groups -OCH3 is 1. The van der Waals surface area contributed by atoms with E-state index >= 15 is 0 Å². The molecule has 0 unspecified atom stereocenters. The summed E-state index contributed by atoms with van der Waals surface area (Å²) in [6.45, 7) is 4.37. The van der Waals surface area contributed by atoms with Crippen molar-refractivity contribution in [1.82, 2.24) is 5.32 Å². The molecule has 1 aromatic carbocycles. The van der Waals surface area contributed by atoms with E-state index in [1.54, 1.807) is 13.2 Å². The van der Waals surface area contributed by atoms with E-state index in [0.717, 1.165) is 25.1 Å². The van der Waals surface area contributed by atoms with Gasteiger partial charge in [0.15, 0.2) is 0 Å². The van der Waals surface area contributed by atoms with Crippen LogP contribution in [-0.2, 0) is 4.74 Å². The zero-order valence-electron chi connectivity index (χ0n) is 10.8. The number of rotatable bonds is 7. The maximum Gasteiger partial charge on any atom is 0.124 e. The molecule has 100 valence electrons. The van der Waals surface area contributed by atoms with Gasteiger partial charge in [-0.3, -0.25) is 0 Å². The number of hydrogen-bond donors (Lipinski definition) is 1. The lowest BCUT2D eigenvalue weighted by atomic mass is 10.1. The van der Waals surface area contributed by atoms with E-state index in [1.165, 1.54) is 17.7 Å². The molecule has 0 heterocycles. The highest BCUT2D eigenvalue weighted by molar-refractivity contribution is 6.32. The maximum atomic E-state index is 12.9. The molecular formula is C14H19ClFNO. The van der Waals surface area contributed by atoms with Crippen LogP contribution in [-0.4, -0.2) is 26.8 Å². The number of hydrogen-bond acceptors (Lipinski definition) is 2. The predicted molar refractivity (Wildman–Crippen MR) is 74.4 cm³/mol. The number of benzene rings is 1. The standard InChI is InChI=1S/C14H19ClFNO/c1-3-11(10-17-6-7-18-2)8-12-4-5-13(16)9-14(12)15/h4-5,8-9,17H,3,6-7,10H2,1-2H3/b11-8-. The van der Waals surface area contributed by atoms with Crippen molar-refractivity contribution in [3.8, 4) is 0 Å². The van der Waals surface area contributed by atoms with Gasteiger partial charge in [-0.1, -0.05) is 36.2 Å². The van der Waals surface area contributed by atoms with E-state index in [-0.39, 0.29) is 5.82 Å². The van der Waals surface area contributed by atoms with Crippen LogP contribution in [0.25, 0.3) is 6.08 Å². The number of halogens is 2. The fourth-order valence-electron chi connectivity index (χ4n) is 1.54. The van der Waals surface area contributed by atoms with Gasteiger partial charge in [0, 0.05) is 20.2 Å². The second kappa shape index (κ2) is 8.25. The molecule has 0 spiro atoms. The lowest BCUT2D eigenvalue weighted by Gasteiger charge is -2.08. The van der Waals surface area contributed by atoms with Gasteiger partial charge in [0.25, 0.3) is 0 Å². The molecule has 1 aromatic rings. The largest absolute Gasteiger partial charge is 0.383 e. The fourth-order valence-corrected chi connectivity index (χ4v) is 1.76. The quantitative estimate of drug-likeness (QED) is 0.767. The summed E-state index contributed by atoms with van der Waals surface area (Å²) < 4.78 is 17.9. The molecule has 0 aliphatic heterocycles. The highest BCUT2D eigenvalue weighted by Gasteiger charge is 2.01. The van der Waals surface area contributed by atoms with Crippen molar-refractivity contribution in [1.29, 1.82) is 0 Å². The van der Waals surface area contributed by atoms with Gasteiger partial charge >= 0.3 is 0 Å². The van der Waals surface area contributed by atoms with E-state index in [2.05, 4.69) is 12.2 Å². The third-order valence-corrected chi connectivity index (χ3v) is 2.94. The summed E-state index contributed by atoms with van der Waals surface area (Å²) >= 11 is 5.99. The summed E-state index contributed by atoms with van der Waals surface area (Å²) in [4.78, 5) is 0. The van der Waals surface area contributed by atoms with Crippen molar-refractivity contribution in [2.75, 3.05) is 26.8 Å². The molecule has 0 saturated heterocycles. The third-order valence-electron chi connectivity index (χ3n) is 2.61. The Kier molecular flexibility index (Phi) is 6.94.